The Morgan fingerprint density at radius 3 is 2.22 bits per heavy atom. The summed E-state index contributed by atoms with van der Waals surface area (Å²) in [6, 6.07) is 14.2. The second-order valence-corrected chi connectivity index (χ2v) is 5.68. The van der Waals surface area contributed by atoms with Crippen LogP contribution in [0.5, 0.6) is 5.75 Å². The van der Waals surface area contributed by atoms with Crippen molar-refractivity contribution in [3.63, 3.8) is 0 Å². The van der Waals surface area contributed by atoms with Crippen LogP contribution in [0.1, 0.15) is 22.8 Å². The average Bonchev–Trinajstić information content (AvgIpc) is 2.68. The van der Waals surface area contributed by atoms with Crippen molar-refractivity contribution in [3.8, 4) is 5.75 Å². The second kappa shape index (κ2) is 9.19. The van der Waals surface area contributed by atoms with Crippen LogP contribution in [0, 0.1) is 0 Å². The quantitative estimate of drug-likeness (QED) is 0.649. The van der Waals surface area contributed by atoms with E-state index in [1.165, 1.54) is 20.1 Å². The first kappa shape index (κ1) is 19.7. The molecular weight excluding hydrogens is 348 g/mol. The lowest BCUT2D eigenvalue weighted by Gasteiger charge is -2.13. The van der Waals surface area contributed by atoms with Gasteiger partial charge in [0.05, 0.1) is 7.11 Å². The largest absolute Gasteiger partial charge is 0.497 e. The van der Waals surface area contributed by atoms with Crippen molar-refractivity contribution in [2.24, 2.45) is 0 Å². The van der Waals surface area contributed by atoms with Crippen molar-refractivity contribution < 1.29 is 24.2 Å². The van der Waals surface area contributed by atoms with Gasteiger partial charge in [0, 0.05) is 5.56 Å². The molecule has 0 saturated heterocycles. The molecular formula is C20H20N2O5. The Labute approximate surface area is 156 Å². The van der Waals surface area contributed by atoms with Crippen molar-refractivity contribution in [2.75, 3.05) is 7.11 Å². The van der Waals surface area contributed by atoms with Gasteiger partial charge in [0.15, 0.2) is 0 Å². The lowest BCUT2D eigenvalue weighted by molar-refractivity contribution is -0.140. The highest BCUT2D eigenvalue weighted by Crippen LogP contribution is 2.12. The number of nitrogens with one attached hydrogen (secondary N) is 2. The lowest BCUT2D eigenvalue weighted by atomic mass is 10.1. The van der Waals surface area contributed by atoms with Gasteiger partial charge < -0.3 is 20.5 Å². The molecule has 2 aromatic carbocycles. The van der Waals surface area contributed by atoms with Crippen LogP contribution in [-0.2, 0) is 9.59 Å². The SMILES string of the molecule is COc1ccc(C(=O)N/C(=C/c2ccccc2)C(=O)NC(C)C(=O)O)cc1. The van der Waals surface area contributed by atoms with Crippen LogP contribution in [-0.4, -0.2) is 36.0 Å². The minimum absolute atomic E-state index is 0.0601. The molecule has 0 saturated carbocycles. The van der Waals surface area contributed by atoms with Crippen molar-refractivity contribution in [3.05, 3.63) is 71.4 Å². The molecule has 0 radical (unpaired) electrons. The van der Waals surface area contributed by atoms with Gasteiger partial charge in [-0.15, -0.1) is 0 Å². The predicted octanol–water partition coefficient (Wildman–Crippen LogP) is 2.06. The van der Waals surface area contributed by atoms with Gasteiger partial charge in [-0.25, -0.2) is 0 Å². The van der Waals surface area contributed by atoms with Crippen LogP contribution in [0.25, 0.3) is 6.08 Å². The summed E-state index contributed by atoms with van der Waals surface area (Å²) in [6.45, 7) is 1.34. The zero-order valence-corrected chi connectivity index (χ0v) is 14.9. The van der Waals surface area contributed by atoms with Gasteiger partial charge in [0.2, 0.25) is 0 Å². The van der Waals surface area contributed by atoms with Crippen molar-refractivity contribution in [1.82, 2.24) is 10.6 Å². The van der Waals surface area contributed by atoms with E-state index in [-0.39, 0.29) is 5.70 Å². The first-order valence-electron chi connectivity index (χ1n) is 8.16. The highest BCUT2D eigenvalue weighted by atomic mass is 16.5. The third-order valence-corrected chi connectivity index (χ3v) is 3.67. The van der Waals surface area contributed by atoms with E-state index in [0.717, 1.165) is 0 Å². The van der Waals surface area contributed by atoms with Gasteiger partial charge in [0.1, 0.15) is 17.5 Å². The topological polar surface area (TPSA) is 105 Å². The maximum absolute atomic E-state index is 12.5. The van der Waals surface area contributed by atoms with Crippen molar-refractivity contribution in [2.45, 2.75) is 13.0 Å². The summed E-state index contributed by atoms with van der Waals surface area (Å²) in [5.74, 6) is -1.78. The van der Waals surface area contributed by atoms with Crippen LogP contribution in [0.3, 0.4) is 0 Å². The van der Waals surface area contributed by atoms with Gasteiger partial charge in [-0.1, -0.05) is 30.3 Å². The van der Waals surface area contributed by atoms with E-state index in [0.29, 0.717) is 16.9 Å². The van der Waals surface area contributed by atoms with Crippen LogP contribution >= 0.6 is 0 Å². The predicted molar refractivity (Wildman–Crippen MR) is 100 cm³/mol. The molecule has 7 heteroatoms. The number of hydrogen-bond acceptors (Lipinski definition) is 4. The number of carboxylic acids is 1. The molecule has 7 nitrogen and oxygen atoms in total. The molecule has 27 heavy (non-hydrogen) atoms. The number of carbonyl (C=O) groups excluding carboxylic acids is 2. The number of hydrogen-bond donors (Lipinski definition) is 3. The Hall–Kier alpha value is -3.61. The van der Waals surface area contributed by atoms with Gasteiger partial charge >= 0.3 is 5.97 Å². The third kappa shape index (κ3) is 5.71. The van der Waals surface area contributed by atoms with Gasteiger partial charge in [-0.2, -0.15) is 0 Å². The molecule has 2 aromatic rings. The molecule has 2 rings (SSSR count). The van der Waals surface area contributed by atoms with E-state index in [1.807, 2.05) is 6.07 Å². The van der Waals surface area contributed by atoms with E-state index in [1.54, 1.807) is 48.5 Å². The van der Waals surface area contributed by atoms with Crippen LogP contribution in [0.15, 0.2) is 60.3 Å². The monoisotopic (exact) mass is 368 g/mol. The molecule has 0 fully saturated rings. The Bertz CT molecular complexity index is 844. The minimum atomic E-state index is -1.18. The van der Waals surface area contributed by atoms with E-state index < -0.39 is 23.8 Å². The zero-order valence-electron chi connectivity index (χ0n) is 14.9. The molecule has 0 spiro atoms. The molecule has 0 aliphatic rings. The molecule has 2 amide bonds. The maximum atomic E-state index is 12.5. The second-order valence-electron chi connectivity index (χ2n) is 5.68. The number of carboxylic acid groups (broad SMARTS) is 1. The maximum Gasteiger partial charge on any atom is 0.325 e. The number of benzene rings is 2. The van der Waals surface area contributed by atoms with Gasteiger partial charge in [-0.05, 0) is 42.8 Å². The van der Waals surface area contributed by atoms with Gasteiger partial charge in [0.25, 0.3) is 11.8 Å². The molecule has 1 atom stereocenters. The molecule has 0 bridgehead atoms. The van der Waals surface area contributed by atoms with E-state index in [2.05, 4.69) is 10.6 Å². The normalized spacial score (nSPS) is 12.0. The standard InChI is InChI=1S/C20H20N2O5/c1-13(20(25)26)21-19(24)17(12-14-6-4-3-5-7-14)22-18(23)15-8-10-16(27-2)11-9-15/h3-13H,1-2H3,(H,21,24)(H,22,23)(H,25,26)/b17-12+. The Morgan fingerprint density at radius 2 is 1.67 bits per heavy atom. The van der Waals surface area contributed by atoms with Crippen molar-refractivity contribution in [1.29, 1.82) is 0 Å². The molecule has 0 aliphatic heterocycles. The molecule has 0 aromatic heterocycles. The Balaban J connectivity index is 2.25. The van der Waals surface area contributed by atoms with Crippen LogP contribution < -0.4 is 15.4 Å². The number of amides is 2. The fourth-order valence-corrected chi connectivity index (χ4v) is 2.15. The van der Waals surface area contributed by atoms with Crippen molar-refractivity contribution >= 4 is 23.9 Å². The number of ether oxygens (including phenoxy) is 1. The first-order chi connectivity index (χ1) is 12.9. The fourth-order valence-electron chi connectivity index (χ4n) is 2.15. The molecule has 0 heterocycles. The average molecular weight is 368 g/mol. The molecule has 140 valence electrons. The van der Waals surface area contributed by atoms with Crippen LogP contribution in [0.4, 0.5) is 0 Å². The highest BCUT2D eigenvalue weighted by molar-refractivity contribution is 6.06. The first-order valence-corrected chi connectivity index (χ1v) is 8.16. The molecule has 1 unspecified atom stereocenters. The summed E-state index contributed by atoms with van der Waals surface area (Å²) in [5.41, 5.74) is 0.949. The summed E-state index contributed by atoms with van der Waals surface area (Å²) >= 11 is 0. The number of rotatable bonds is 7. The smallest absolute Gasteiger partial charge is 0.325 e. The Morgan fingerprint density at radius 1 is 1.04 bits per heavy atom. The van der Waals surface area contributed by atoms with E-state index >= 15 is 0 Å². The summed E-state index contributed by atoms with van der Waals surface area (Å²) in [7, 11) is 1.52. The number of carbonyl (C=O) groups is 3. The Kier molecular flexibility index (Phi) is 6.71. The molecule has 3 N–H and O–H groups in total. The zero-order chi connectivity index (χ0) is 19.8. The summed E-state index contributed by atoms with van der Waals surface area (Å²) in [4.78, 5) is 35.9. The fraction of sp³-hybridized carbons (Fsp3) is 0.150. The van der Waals surface area contributed by atoms with Crippen LogP contribution in [0.2, 0.25) is 0 Å². The van der Waals surface area contributed by atoms with Gasteiger partial charge in [-0.3, -0.25) is 14.4 Å². The van der Waals surface area contributed by atoms with E-state index in [4.69, 9.17) is 9.84 Å². The highest BCUT2D eigenvalue weighted by Gasteiger charge is 2.19. The molecule has 0 aliphatic carbocycles. The number of methoxy groups -OCH3 is 1. The summed E-state index contributed by atoms with van der Waals surface area (Å²) < 4.78 is 5.05. The lowest BCUT2D eigenvalue weighted by Crippen LogP contribution is -2.42. The summed E-state index contributed by atoms with van der Waals surface area (Å²) in [6.07, 6.45) is 1.48. The number of aliphatic carboxylic acids is 1. The third-order valence-electron chi connectivity index (χ3n) is 3.67. The van der Waals surface area contributed by atoms with E-state index in [9.17, 15) is 14.4 Å². The summed E-state index contributed by atoms with van der Waals surface area (Å²) in [5, 5.41) is 13.9. The minimum Gasteiger partial charge on any atom is -0.497 e.